The van der Waals surface area contributed by atoms with Crippen molar-refractivity contribution in [3.8, 4) is 5.75 Å². The van der Waals surface area contributed by atoms with Crippen LogP contribution >= 0.6 is 23.1 Å². The number of fused-ring (bicyclic) bond motifs is 1. The molecule has 146 valence electrons. The minimum atomic E-state index is 0.214. The number of benzene rings is 2. The van der Waals surface area contributed by atoms with E-state index in [1.165, 1.54) is 4.70 Å². The third-order valence-corrected chi connectivity index (χ3v) is 7.00. The second-order valence-corrected chi connectivity index (χ2v) is 8.71. The van der Waals surface area contributed by atoms with E-state index >= 15 is 0 Å². The van der Waals surface area contributed by atoms with Crippen LogP contribution in [0.4, 0.5) is 5.69 Å². The molecule has 0 aliphatic carbocycles. The quantitative estimate of drug-likeness (QED) is 0.614. The zero-order valence-electron chi connectivity index (χ0n) is 15.8. The lowest BCUT2D eigenvalue weighted by Gasteiger charge is -2.36. The monoisotopic (exact) mass is 413 g/mol. The second kappa shape index (κ2) is 8.84. The van der Waals surface area contributed by atoms with Gasteiger partial charge in [0.05, 0.1) is 28.8 Å². The average molecular weight is 414 g/mol. The van der Waals surface area contributed by atoms with Crippen molar-refractivity contribution in [2.45, 2.75) is 5.75 Å². The summed E-state index contributed by atoms with van der Waals surface area (Å²) in [7, 11) is 1.70. The number of thiazole rings is 1. The first-order valence-corrected chi connectivity index (χ1v) is 11.3. The molecule has 1 aliphatic heterocycles. The number of carbonyl (C=O) groups is 1. The van der Waals surface area contributed by atoms with Crippen molar-refractivity contribution in [3.63, 3.8) is 0 Å². The average Bonchev–Trinajstić information content (AvgIpc) is 3.16. The topological polar surface area (TPSA) is 45.7 Å². The minimum Gasteiger partial charge on any atom is -0.495 e. The number of nitrogens with zero attached hydrogens (tertiary/aromatic N) is 3. The van der Waals surface area contributed by atoms with Crippen molar-refractivity contribution < 1.29 is 9.53 Å². The third-order valence-electron chi connectivity index (χ3n) is 4.85. The van der Waals surface area contributed by atoms with Gasteiger partial charge in [0.1, 0.15) is 10.8 Å². The van der Waals surface area contributed by atoms with E-state index < -0.39 is 0 Å². The molecule has 0 atom stereocenters. The van der Waals surface area contributed by atoms with E-state index in [1.807, 2.05) is 41.3 Å². The minimum absolute atomic E-state index is 0.214. The predicted octanol–water partition coefficient (Wildman–Crippen LogP) is 3.89. The summed E-state index contributed by atoms with van der Waals surface area (Å²) in [6.45, 7) is 3.15. The number of carbonyl (C=O) groups excluding carboxylic acids is 1. The highest BCUT2D eigenvalue weighted by molar-refractivity contribution is 7.99. The van der Waals surface area contributed by atoms with Crippen LogP contribution < -0.4 is 9.64 Å². The van der Waals surface area contributed by atoms with Crippen LogP contribution in [0.15, 0.2) is 48.5 Å². The van der Waals surface area contributed by atoms with E-state index in [9.17, 15) is 4.79 Å². The summed E-state index contributed by atoms with van der Waals surface area (Å²) in [5.41, 5.74) is 2.14. The van der Waals surface area contributed by atoms with Gasteiger partial charge in [0.15, 0.2) is 0 Å². The number of methoxy groups -OCH3 is 1. The Morgan fingerprint density at radius 2 is 1.86 bits per heavy atom. The van der Waals surface area contributed by atoms with Crippen molar-refractivity contribution in [2.24, 2.45) is 0 Å². The van der Waals surface area contributed by atoms with Crippen LogP contribution in [0.2, 0.25) is 0 Å². The molecule has 3 aromatic rings. The molecule has 1 aliphatic rings. The largest absolute Gasteiger partial charge is 0.495 e. The molecular weight excluding hydrogens is 390 g/mol. The van der Waals surface area contributed by atoms with Gasteiger partial charge in [-0.25, -0.2) is 4.98 Å². The Labute approximate surface area is 173 Å². The number of hydrogen-bond donors (Lipinski definition) is 0. The highest BCUT2D eigenvalue weighted by Crippen LogP contribution is 2.29. The maximum absolute atomic E-state index is 12.6. The van der Waals surface area contributed by atoms with Crippen LogP contribution in [-0.2, 0) is 10.5 Å². The van der Waals surface area contributed by atoms with Gasteiger partial charge in [0.2, 0.25) is 5.91 Å². The van der Waals surface area contributed by atoms with Crippen molar-refractivity contribution >= 4 is 44.9 Å². The van der Waals surface area contributed by atoms with E-state index in [0.29, 0.717) is 5.75 Å². The number of para-hydroxylation sites is 3. The molecule has 28 heavy (non-hydrogen) atoms. The number of aromatic nitrogens is 1. The molecule has 2 aromatic carbocycles. The number of ether oxygens (including phenoxy) is 1. The fourth-order valence-corrected chi connectivity index (χ4v) is 5.33. The van der Waals surface area contributed by atoms with Gasteiger partial charge in [-0.05, 0) is 24.3 Å². The number of anilines is 1. The Morgan fingerprint density at radius 1 is 1.11 bits per heavy atom. The molecule has 0 saturated carbocycles. The lowest BCUT2D eigenvalue weighted by atomic mass is 10.2. The molecule has 0 radical (unpaired) electrons. The summed E-state index contributed by atoms with van der Waals surface area (Å²) in [5.74, 6) is 2.39. The van der Waals surface area contributed by atoms with Gasteiger partial charge in [-0.15, -0.1) is 23.1 Å². The Bertz CT molecular complexity index is 918. The molecule has 1 saturated heterocycles. The fraction of sp³-hybridized carbons (Fsp3) is 0.333. The first kappa shape index (κ1) is 19.1. The van der Waals surface area contributed by atoms with Crippen LogP contribution in [0.3, 0.4) is 0 Å². The fourth-order valence-electron chi connectivity index (χ4n) is 3.39. The van der Waals surface area contributed by atoms with Gasteiger partial charge in [-0.2, -0.15) is 0 Å². The lowest BCUT2D eigenvalue weighted by Crippen LogP contribution is -2.49. The van der Waals surface area contributed by atoms with Crippen LogP contribution in [0.1, 0.15) is 5.01 Å². The molecule has 0 N–H and O–H groups in total. The summed E-state index contributed by atoms with van der Waals surface area (Å²) in [6, 6.07) is 16.2. The summed E-state index contributed by atoms with van der Waals surface area (Å²) in [4.78, 5) is 21.5. The molecule has 0 unspecified atom stereocenters. The van der Waals surface area contributed by atoms with Gasteiger partial charge >= 0.3 is 0 Å². The van der Waals surface area contributed by atoms with E-state index in [1.54, 1.807) is 30.2 Å². The number of hydrogen-bond acceptors (Lipinski definition) is 6. The number of amides is 1. The van der Waals surface area contributed by atoms with Gasteiger partial charge < -0.3 is 14.5 Å². The number of piperazine rings is 1. The molecule has 0 bridgehead atoms. The van der Waals surface area contributed by atoms with Crippen LogP contribution in [0.25, 0.3) is 10.2 Å². The van der Waals surface area contributed by atoms with E-state index in [0.717, 1.165) is 53.9 Å². The first-order chi connectivity index (χ1) is 13.7. The first-order valence-electron chi connectivity index (χ1n) is 9.32. The highest BCUT2D eigenvalue weighted by Gasteiger charge is 2.22. The Morgan fingerprint density at radius 3 is 2.64 bits per heavy atom. The van der Waals surface area contributed by atoms with Crippen molar-refractivity contribution in [2.75, 3.05) is 43.9 Å². The smallest absolute Gasteiger partial charge is 0.232 e. The molecular formula is C21H23N3O2S2. The predicted molar refractivity (Wildman–Crippen MR) is 118 cm³/mol. The van der Waals surface area contributed by atoms with Crippen molar-refractivity contribution in [1.29, 1.82) is 0 Å². The standard InChI is InChI=1S/C21H23N3O2S2/c1-26-18-8-4-3-7-17(18)23-10-12-24(13-11-23)21(25)15-27-14-20-22-16-6-2-5-9-19(16)28-20/h2-9H,10-15H2,1H3. The summed E-state index contributed by atoms with van der Waals surface area (Å²) in [5, 5.41) is 1.08. The van der Waals surface area contributed by atoms with Crippen molar-refractivity contribution in [3.05, 3.63) is 53.5 Å². The molecule has 0 spiro atoms. The van der Waals surface area contributed by atoms with Gasteiger partial charge in [0.25, 0.3) is 0 Å². The molecule has 1 amide bonds. The number of rotatable bonds is 6. The second-order valence-electron chi connectivity index (χ2n) is 6.61. The zero-order valence-corrected chi connectivity index (χ0v) is 17.5. The van der Waals surface area contributed by atoms with Gasteiger partial charge in [-0.3, -0.25) is 4.79 Å². The zero-order chi connectivity index (χ0) is 19.3. The Kier molecular flexibility index (Phi) is 6.02. The molecule has 2 heterocycles. The van der Waals surface area contributed by atoms with E-state index in [2.05, 4.69) is 22.0 Å². The number of thioether (sulfide) groups is 1. The summed E-state index contributed by atoms with van der Waals surface area (Å²) in [6.07, 6.45) is 0. The molecule has 5 nitrogen and oxygen atoms in total. The maximum Gasteiger partial charge on any atom is 0.232 e. The Hall–Kier alpha value is -2.25. The molecule has 7 heteroatoms. The normalized spacial score (nSPS) is 14.5. The Balaban J connectivity index is 1.26. The summed E-state index contributed by atoms with van der Waals surface area (Å²) < 4.78 is 6.66. The van der Waals surface area contributed by atoms with Crippen LogP contribution in [0, 0.1) is 0 Å². The molecule has 1 aromatic heterocycles. The lowest BCUT2D eigenvalue weighted by molar-refractivity contribution is -0.128. The van der Waals surface area contributed by atoms with Crippen molar-refractivity contribution in [1.82, 2.24) is 9.88 Å². The van der Waals surface area contributed by atoms with Gasteiger partial charge in [-0.1, -0.05) is 24.3 Å². The van der Waals surface area contributed by atoms with Crippen LogP contribution in [-0.4, -0.2) is 54.8 Å². The third kappa shape index (κ3) is 4.25. The summed E-state index contributed by atoms with van der Waals surface area (Å²) >= 11 is 3.36. The highest BCUT2D eigenvalue weighted by atomic mass is 32.2. The van der Waals surface area contributed by atoms with Crippen LogP contribution in [0.5, 0.6) is 5.75 Å². The van der Waals surface area contributed by atoms with E-state index in [4.69, 9.17) is 4.74 Å². The molecule has 1 fully saturated rings. The maximum atomic E-state index is 12.6. The SMILES string of the molecule is COc1ccccc1N1CCN(C(=O)CSCc2nc3ccccc3s2)CC1. The molecule has 4 rings (SSSR count). The van der Waals surface area contributed by atoms with E-state index in [-0.39, 0.29) is 5.91 Å². The van der Waals surface area contributed by atoms with Gasteiger partial charge in [0, 0.05) is 31.9 Å².